The number of fused-ring (bicyclic) bond motifs is 2. The average molecular weight is 262 g/mol. The number of carbonyl (C=O) groups is 1. The number of amides is 1. The molecule has 0 saturated carbocycles. The molecule has 0 radical (unpaired) electrons. The van der Waals surface area contributed by atoms with Gasteiger partial charge >= 0.3 is 0 Å². The maximum atomic E-state index is 12.0. The smallest absolute Gasteiger partial charge is 0.249 e. The Balaban J connectivity index is 1.46. The van der Waals surface area contributed by atoms with E-state index in [-0.39, 0.29) is 17.9 Å². The normalized spacial score (nSPS) is 29.2. The van der Waals surface area contributed by atoms with Gasteiger partial charge in [-0.3, -0.25) is 14.6 Å². The van der Waals surface area contributed by atoms with Crippen molar-refractivity contribution >= 4 is 5.91 Å². The van der Waals surface area contributed by atoms with Crippen molar-refractivity contribution in [3.8, 4) is 0 Å². The molecular formula is C14H18N2O3. The van der Waals surface area contributed by atoms with Crippen LogP contribution in [0.25, 0.3) is 0 Å². The van der Waals surface area contributed by atoms with Crippen LogP contribution in [-0.2, 0) is 21.0 Å². The van der Waals surface area contributed by atoms with Crippen LogP contribution in [0.5, 0.6) is 0 Å². The predicted molar refractivity (Wildman–Crippen MR) is 67.8 cm³/mol. The molecule has 5 heteroatoms. The molecule has 3 atom stereocenters. The summed E-state index contributed by atoms with van der Waals surface area (Å²) in [7, 11) is 0. The lowest BCUT2D eigenvalue weighted by molar-refractivity contribution is -0.147. The second kappa shape index (κ2) is 5.67. The third-order valence-corrected chi connectivity index (χ3v) is 3.86. The van der Waals surface area contributed by atoms with Crippen LogP contribution in [0.15, 0.2) is 24.5 Å². The predicted octanol–water partition coefficient (Wildman–Crippen LogP) is 1.59. The lowest BCUT2D eigenvalue weighted by Gasteiger charge is -2.28. The summed E-state index contributed by atoms with van der Waals surface area (Å²) >= 11 is 0. The van der Waals surface area contributed by atoms with Crippen molar-refractivity contribution in [3.05, 3.63) is 30.1 Å². The van der Waals surface area contributed by atoms with Gasteiger partial charge in [-0.25, -0.2) is 5.48 Å². The minimum Gasteiger partial charge on any atom is -0.374 e. The monoisotopic (exact) mass is 262 g/mol. The first-order chi connectivity index (χ1) is 9.33. The fourth-order valence-electron chi connectivity index (χ4n) is 2.84. The number of hydroxylamine groups is 1. The van der Waals surface area contributed by atoms with Gasteiger partial charge in [-0.15, -0.1) is 0 Å². The highest BCUT2D eigenvalue weighted by Gasteiger charge is 2.40. The van der Waals surface area contributed by atoms with E-state index in [2.05, 4.69) is 10.5 Å². The second-order valence-corrected chi connectivity index (χ2v) is 5.17. The van der Waals surface area contributed by atoms with Crippen LogP contribution in [0.1, 0.15) is 31.2 Å². The molecule has 1 aromatic rings. The van der Waals surface area contributed by atoms with Gasteiger partial charge in [0, 0.05) is 12.4 Å². The number of pyridine rings is 1. The van der Waals surface area contributed by atoms with E-state index < -0.39 is 0 Å². The zero-order valence-corrected chi connectivity index (χ0v) is 10.7. The van der Waals surface area contributed by atoms with E-state index in [4.69, 9.17) is 9.57 Å². The van der Waals surface area contributed by atoms with Crippen LogP contribution in [0.3, 0.4) is 0 Å². The van der Waals surface area contributed by atoms with Gasteiger partial charge in [0.1, 0.15) is 6.61 Å². The standard InChI is InChI=1S/C14H18N2O3/c17-14(12-5-3-11-4-6-13(12)19-11)16-18-9-10-2-1-7-15-8-10/h1-2,7-8,11-13H,3-6,9H2,(H,16,17)/t11-,12+,13+/m0/s1. The van der Waals surface area contributed by atoms with Crippen molar-refractivity contribution in [2.24, 2.45) is 5.92 Å². The van der Waals surface area contributed by atoms with Gasteiger partial charge in [-0.05, 0) is 37.3 Å². The van der Waals surface area contributed by atoms with Crippen molar-refractivity contribution < 1.29 is 14.4 Å². The van der Waals surface area contributed by atoms with E-state index in [1.165, 1.54) is 0 Å². The van der Waals surface area contributed by atoms with Gasteiger partial charge in [0.25, 0.3) is 0 Å². The van der Waals surface area contributed by atoms with E-state index in [1.807, 2.05) is 12.1 Å². The molecule has 0 spiro atoms. The minimum absolute atomic E-state index is 0.0609. The highest BCUT2D eigenvalue weighted by molar-refractivity contribution is 5.78. The molecule has 5 nitrogen and oxygen atoms in total. The first kappa shape index (κ1) is 12.6. The van der Waals surface area contributed by atoms with Crippen LogP contribution in [0.4, 0.5) is 0 Å². The van der Waals surface area contributed by atoms with Gasteiger partial charge < -0.3 is 4.74 Å². The Labute approximate surface area is 112 Å². The first-order valence-corrected chi connectivity index (χ1v) is 6.79. The molecular weight excluding hydrogens is 244 g/mol. The number of nitrogens with one attached hydrogen (secondary N) is 1. The Hall–Kier alpha value is -1.46. The molecule has 2 bridgehead atoms. The van der Waals surface area contributed by atoms with Crippen molar-refractivity contribution in [1.82, 2.24) is 10.5 Å². The maximum Gasteiger partial charge on any atom is 0.249 e. The largest absolute Gasteiger partial charge is 0.374 e. The van der Waals surface area contributed by atoms with E-state index >= 15 is 0 Å². The summed E-state index contributed by atoms with van der Waals surface area (Å²) in [6.45, 7) is 0.334. The molecule has 2 saturated heterocycles. The molecule has 19 heavy (non-hydrogen) atoms. The molecule has 1 N–H and O–H groups in total. The summed E-state index contributed by atoms with van der Waals surface area (Å²) in [6, 6.07) is 3.75. The number of nitrogens with zero attached hydrogens (tertiary/aromatic N) is 1. The molecule has 3 rings (SSSR count). The first-order valence-electron chi connectivity index (χ1n) is 6.79. The summed E-state index contributed by atoms with van der Waals surface area (Å²) < 4.78 is 5.77. The number of hydrogen-bond acceptors (Lipinski definition) is 4. The van der Waals surface area contributed by atoms with Crippen LogP contribution < -0.4 is 5.48 Å². The molecule has 3 heterocycles. The third kappa shape index (κ3) is 2.93. The Kier molecular flexibility index (Phi) is 3.75. The summed E-state index contributed by atoms with van der Waals surface area (Å²) in [5, 5.41) is 0. The minimum atomic E-state index is -0.0624. The van der Waals surface area contributed by atoms with Crippen molar-refractivity contribution in [3.63, 3.8) is 0 Å². The van der Waals surface area contributed by atoms with Crippen LogP contribution in [-0.4, -0.2) is 23.1 Å². The number of rotatable bonds is 4. The maximum absolute atomic E-state index is 12.0. The van der Waals surface area contributed by atoms with Crippen LogP contribution >= 0.6 is 0 Å². The zero-order chi connectivity index (χ0) is 13.1. The van der Waals surface area contributed by atoms with Gasteiger partial charge in [0.15, 0.2) is 0 Å². The summed E-state index contributed by atoms with van der Waals surface area (Å²) in [5.74, 6) is -0.123. The molecule has 1 aromatic heterocycles. The highest BCUT2D eigenvalue weighted by atomic mass is 16.7. The fourth-order valence-corrected chi connectivity index (χ4v) is 2.84. The Morgan fingerprint density at radius 3 is 3.16 bits per heavy atom. The SMILES string of the molecule is O=C(NOCc1cccnc1)[C@@H]1CC[C@H]2CC[C@H]1O2. The lowest BCUT2D eigenvalue weighted by atomic mass is 9.95. The van der Waals surface area contributed by atoms with Crippen molar-refractivity contribution in [2.75, 3.05) is 0 Å². The summed E-state index contributed by atoms with van der Waals surface area (Å²) in [6.07, 6.45) is 7.85. The third-order valence-electron chi connectivity index (χ3n) is 3.86. The topological polar surface area (TPSA) is 60.5 Å². The van der Waals surface area contributed by atoms with E-state index in [0.717, 1.165) is 31.2 Å². The van der Waals surface area contributed by atoms with Crippen molar-refractivity contribution in [1.29, 1.82) is 0 Å². The average Bonchev–Trinajstić information content (AvgIpc) is 2.81. The quantitative estimate of drug-likeness (QED) is 0.837. The Morgan fingerprint density at radius 1 is 1.42 bits per heavy atom. The number of ether oxygens (including phenoxy) is 1. The number of hydrogen-bond donors (Lipinski definition) is 1. The van der Waals surface area contributed by atoms with E-state index in [0.29, 0.717) is 12.7 Å². The molecule has 0 aromatic carbocycles. The summed E-state index contributed by atoms with van der Waals surface area (Å²) in [5.41, 5.74) is 3.47. The van der Waals surface area contributed by atoms with Crippen LogP contribution in [0, 0.1) is 5.92 Å². The molecule has 102 valence electrons. The molecule has 2 aliphatic rings. The van der Waals surface area contributed by atoms with Gasteiger partial charge in [0.05, 0.1) is 18.1 Å². The van der Waals surface area contributed by atoms with E-state index in [1.54, 1.807) is 12.4 Å². The number of carbonyl (C=O) groups excluding carboxylic acids is 1. The van der Waals surface area contributed by atoms with E-state index in [9.17, 15) is 4.79 Å². The van der Waals surface area contributed by atoms with Crippen molar-refractivity contribution in [2.45, 2.75) is 44.5 Å². The van der Waals surface area contributed by atoms with Gasteiger partial charge in [-0.1, -0.05) is 6.07 Å². The lowest BCUT2D eigenvalue weighted by Crippen LogP contribution is -2.40. The highest BCUT2D eigenvalue weighted by Crippen LogP contribution is 2.36. The molecule has 1 amide bonds. The fraction of sp³-hybridized carbons (Fsp3) is 0.571. The number of aromatic nitrogens is 1. The summed E-state index contributed by atoms with van der Waals surface area (Å²) in [4.78, 5) is 21.3. The Morgan fingerprint density at radius 2 is 2.32 bits per heavy atom. The molecule has 2 aliphatic heterocycles. The molecule has 0 aliphatic carbocycles. The van der Waals surface area contributed by atoms with Crippen LogP contribution in [0.2, 0.25) is 0 Å². The molecule has 2 fully saturated rings. The molecule has 0 unspecified atom stereocenters. The zero-order valence-electron chi connectivity index (χ0n) is 10.7. The van der Waals surface area contributed by atoms with Gasteiger partial charge in [0.2, 0.25) is 5.91 Å². The Bertz CT molecular complexity index is 438. The second-order valence-electron chi connectivity index (χ2n) is 5.17. The van der Waals surface area contributed by atoms with Gasteiger partial charge in [-0.2, -0.15) is 0 Å².